The first-order valence-electron chi connectivity index (χ1n) is 16.3. The number of nitrogens with one attached hydrogen (secondary N) is 2. The number of likely N-dealkylation sites (tertiary alicyclic amines) is 1. The minimum atomic E-state index is 0.118. The Labute approximate surface area is 253 Å². The normalized spacial score (nSPS) is 16.9. The summed E-state index contributed by atoms with van der Waals surface area (Å²) < 4.78 is 0. The van der Waals surface area contributed by atoms with Crippen LogP contribution in [0, 0.1) is 5.92 Å². The molecule has 5 nitrogen and oxygen atoms in total. The average Bonchev–Trinajstić information content (AvgIpc) is 3.02. The molecule has 224 valence electrons. The summed E-state index contributed by atoms with van der Waals surface area (Å²) in [5.41, 5.74) is 6.29. The topological polar surface area (TPSA) is 47.6 Å². The summed E-state index contributed by atoms with van der Waals surface area (Å²) in [6.07, 6.45) is 7.96. The van der Waals surface area contributed by atoms with Gasteiger partial charge in [0.2, 0.25) is 0 Å². The highest BCUT2D eigenvalue weighted by Crippen LogP contribution is 2.26. The van der Waals surface area contributed by atoms with Crippen molar-refractivity contribution in [1.82, 2.24) is 20.4 Å². The standard InChI is InChI=1S/C37H50N4O/c1-29(2)25-38-26-30-16-18-33(19-17-30)34-13-9-12-32(24-34)28-41(37(42)39-35-14-7-4-8-15-35)36-20-22-40(23-21-36)27-31-10-5-3-6-11-31/h3,5-6,9-13,16-19,24,29,35-36,38H,4,7-8,14-15,20-23,25-28H2,1-2H3,(H,39,42). The summed E-state index contributed by atoms with van der Waals surface area (Å²) in [4.78, 5) is 18.5. The number of rotatable bonds is 11. The van der Waals surface area contributed by atoms with E-state index in [1.54, 1.807) is 0 Å². The van der Waals surface area contributed by atoms with Gasteiger partial charge in [0.05, 0.1) is 0 Å². The Morgan fingerprint density at radius 1 is 0.810 bits per heavy atom. The van der Waals surface area contributed by atoms with Gasteiger partial charge in [-0.15, -0.1) is 0 Å². The third kappa shape index (κ3) is 8.92. The molecule has 3 aromatic carbocycles. The summed E-state index contributed by atoms with van der Waals surface area (Å²) in [5.74, 6) is 0.651. The van der Waals surface area contributed by atoms with Crippen molar-refractivity contribution in [2.75, 3.05) is 19.6 Å². The average molecular weight is 567 g/mol. The van der Waals surface area contributed by atoms with E-state index in [9.17, 15) is 4.79 Å². The van der Waals surface area contributed by atoms with Gasteiger partial charge in [-0.3, -0.25) is 4.90 Å². The van der Waals surface area contributed by atoms with Crippen molar-refractivity contribution in [3.05, 3.63) is 95.6 Å². The lowest BCUT2D eigenvalue weighted by Gasteiger charge is -2.39. The van der Waals surface area contributed by atoms with Gasteiger partial charge in [0.1, 0.15) is 0 Å². The fourth-order valence-electron chi connectivity index (χ4n) is 6.47. The Hall–Kier alpha value is -3.15. The molecule has 1 saturated carbocycles. The summed E-state index contributed by atoms with van der Waals surface area (Å²) in [6, 6.07) is 29.1. The molecule has 0 radical (unpaired) electrons. The van der Waals surface area contributed by atoms with Gasteiger partial charge in [0.25, 0.3) is 0 Å². The lowest BCUT2D eigenvalue weighted by Crippen LogP contribution is -2.52. The van der Waals surface area contributed by atoms with Gasteiger partial charge in [0.15, 0.2) is 0 Å². The van der Waals surface area contributed by atoms with Crippen LogP contribution in [-0.2, 0) is 19.6 Å². The Bertz CT molecular complexity index is 1230. The summed E-state index contributed by atoms with van der Waals surface area (Å²) in [5, 5.41) is 6.96. The second-order valence-corrected chi connectivity index (χ2v) is 12.8. The van der Waals surface area contributed by atoms with Crippen molar-refractivity contribution in [3.8, 4) is 11.1 Å². The van der Waals surface area contributed by atoms with Gasteiger partial charge in [0, 0.05) is 44.8 Å². The molecular weight excluding hydrogens is 516 g/mol. The molecule has 0 unspecified atom stereocenters. The fraction of sp³-hybridized carbons (Fsp3) is 0.486. The van der Waals surface area contributed by atoms with Crippen LogP contribution < -0.4 is 10.6 Å². The fourth-order valence-corrected chi connectivity index (χ4v) is 6.47. The molecule has 1 aliphatic carbocycles. The van der Waals surface area contributed by atoms with E-state index in [1.165, 1.54) is 47.1 Å². The Balaban J connectivity index is 1.25. The van der Waals surface area contributed by atoms with Crippen molar-refractivity contribution in [2.24, 2.45) is 5.92 Å². The maximum absolute atomic E-state index is 13.8. The van der Waals surface area contributed by atoms with Crippen LogP contribution in [0.3, 0.4) is 0 Å². The Morgan fingerprint density at radius 3 is 2.24 bits per heavy atom. The van der Waals surface area contributed by atoms with Crippen molar-refractivity contribution >= 4 is 6.03 Å². The van der Waals surface area contributed by atoms with Gasteiger partial charge < -0.3 is 15.5 Å². The van der Waals surface area contributed by atoms with Crippen LogP contribution in [0.5, 0.6) is 0 Å². The minimum Gasteiger partial charge on any atom is -0.335 e. The van der Waals surface area contributed by atoms with E-state index >= 15 is 0 Å². The van der Waals surface area contributed by atoms with Crippen molar-refractivity contribution in [2.45, 2.75) is 90.5 Å². The molecule has 1 heterocycles. The van der Waals surface area contributed by atoms with Gasteiger partial charge in [-0.25, -0.2) is 4.79 Å². The van der Waals surface area contributed by atoms with E-state index in [2.05, 4.69) is 113 Å². The first kappa shape index (κ1) is 30.3. The highest BCUT2D eigenvalue weighted by molar-refractivity contribution is 5.75. The monoisotopic (exact) mass is 566 g/mol. The van der Waals surface area contributed by atoms with Gasteiger partial charge in [-0.1, -0.05) is 106 Å². The zero-order valence-corrected chi connectivity index (χ0v) is 25.7. The molecule has 5 heteroatoms. The Morgan fingerprint density at radius 2 is 1.52 bits per heavy atom. The lowest BCUT2D eigenvalue weighted by atomic mass is 9.95. The SMILES string of the molecule is CC(C)CNCc1ccc(-c2cccc(CN(C(=O)NC3CCCCC3)C3CCN(Cc4ccccc4)CC3)c2)cc1. The third-order valence-corrected chi connectivity index (χ3v) is 8.89. The molecule has 2 fully saturated rings. The van der Waals surface area contributed by atoms with E-state index in [1.807, 2.05) is 0 Å². The number of piperidine rings is 1. The van der Waals surface area contributed by atoms with E-state index in [-0.39, 0.29) is 12.1 Å². The van der Waals surface area contributed by atoms with E-state index in [0.29, 0.717) is 18.5 Å². The third-order valence-electron chi connectivity index (χ3n) is 8.89. The first-order valence-corrected chi connectivity index (χ1v) is 16.3. The maximum atomic E-state index is 13.8. The van der Waals surface area contributed by atoms with E-state index in [0.717, 1.165) is 58.4 Å². The van der Waals surface area contributed by atoms with Gasteiger partial charge >= 0.3 is 6.03 Å². The molecule has 2 aliphatic rings. The van der Waals surface area contributed by atoms with E-state index < -0.39 is 0 Å². The van der Waals surface area contributed by atoms with Crippen molar-refractivity contribution in [1.29, 1.82) is 0 Å². The summed E-state index contributed by atoms with van der Waals surface area (Å²) >= 11 is 0. The molecule has 0 aromatic heterocycles. The minimum absolute atomic E-state index is 0.118. The zero-order valence-electron chi connectivity index (χ0n) is 25.7. The molecule has 2 N–H and O–H groups in total. The second kappa shape index (κ2) is 15.4. The summed E-state index contributed by atoms with van der Waals surface area (Å²) in [6.45, 7) is 10.1. The largest absolute Gasteiger partial charge is 0.335 e. The van der Waals surface area contributed by atoms with Crippen LogP contribution in [-0.4, -0.2) is 47.5 Å². The van der Waals surface area contributed by atoms with Crippen LogP contribution in [0.2, 0.25) is 0 Å². The van der Waals surface area contributed by atoms with Crippen LogP contribution in [0.15, 0.2) is 78.9 Å². The molecule has 0 spiro atoms. The number of urea groups is 1. The lowest BCUT2D eigenvalue weighted by molar-refractivity contribution is 0.110. The molecule has 1 aliphatic heterocycles. The zero-order chi connectivity index (χ0) is 29.1. The highest BCUT2D eigenvalue weighted by Gasteiger charge is 2.29. The van der Waals surface area contributed by atoms with Crippen molar-refractivity contribution in [3.63, 3.8) is 0 Å². The number of carbonyl (C=O) groups is 1. The quantitative estimate of drug-likeness (QED) is 0.251. The molecule has 5 rings (SSSR count). The van der Waals surface area contributed by atoms with Crippen LogP contribution in [0.4, 0.5) is 4.79 Å². The number of nitrogens with zero attached hydrogens (tertiary/aromatic N) is 2. The number of hydrogen-bond donors (Lipinski definition) is 2. The summed E-state index contributed by atoms with van der Waals surface area (Å²) in [7, 11) is 0. The maximum Gasteiger partial charge on any atom is 0.318 e. The molecule has 2 amide bonds. The molecule has 0 bridgehead atoms. The Kier molecular flexibility index (Phi) is 11.1. The number of benzene rings is 3. The molecule has 1 saturated heterocycles. The first-order chi connectivity index (χ1) is 20.5. The van der Waals surface area contributed by atoms with Crippen molar-refractivity contribution < 1.29 is 4.79 Å². The smallest absolute Gasteiger partial charge is 0.318 e. The number of hydrogen-bond acceptors (Lipinski definition) is 3. The number of amides is 2. The predicted octanol–water partition coefficient (Wildman–Crippen LogP) is 7.61. The van der Waals surface area contributed by atoms with E-state index in [4.69, 9.17) is 0 Å². The second-order valence-electron chi connectivity index (χ2n) is 12.8. The number of carbonyl (C=O) groups excluding carboxylic acids is 1. The van der Waals surface area contributed by atoms with Gasteiger partial charge in [-0.2, -0.15) is 0 Å². The molecule has 0 atom stereocenters. The molecule has 42 heavy (non-hydrogen) atoms. The highest BCUT2D eigenvalue weighted by atomic mass is 16.2. The van der Waals surface area contributed by atoms with Crippen LogP contribution in [0.25, 0.3) is 11.1 Å². The molecule has 3 aromatic rings. The van der Waals surface area contributed by atoms with Gasteiger partial charge in [-0.05, 0) is 72.0 Å². The van der Waals surface area contributed by atoms with Crippen LogP contribution in [0.1, 0.15) is 75.5 Å². The van der Waals surface area contributed by atoms with Crippen LogP contribution >= 0.6 is 0 Å². The molecular formula is C37H50N4O. The predicted molar refractivity (Wildman–Crippen MR) is 174 cm³/mol.